The van der Waals surface area contributed by atoms with Gasteiger partial charge in [0.1, 0.15) is 0 Å². The summed E-state index contributed by atoms with van der Waals surface area (Å²) in [6.45, 7) is 6.87. The van der Waals surface area contributed by atoms with Crippen molar-refractivity contribution in [3.63, 3.8) is 0 Å². The summed E-state index contributed by atoms with van der Waals surface area (Å²) in [6.07, 6.45) is 4.78. The van der Waals surface area contributed by atoms with Gasteiger partial charge in [-0.1, -0.05) is 36.2 Å². The predicted molar refractivity (Wildman–Crippen MR) is 82.6 cm³/mol. The first kappa shape index (κ1) is 14.8. The van der Waals surface area contributed by atoms with Crippen molar-refractivity contribution < 1.29 is 0 Å². The minimum atomic E-state index is 0.0274. The number of piperidine rings is 1. The van der Waals surface area contributed by atoms with E-state index in [1.165, 1.54) is 32.4 Å². The Balaban J connectivity index is 2.05. The van der Waals surface area contributed by atoms with E-state index in [-0.39, 0.29) is 11.6 Å². The third-order valence-corrected chi connectivity index (χ3v) is 4.84. The van der Waals surface area contributed by atoms with E-state index in [2.05, 4.69) is 24.8 Å². The maximum absolute atomic E-state index is 6.48. The number of likely N-dealkylation sites (tertiary alicyclic amines) is 1. The van der Waals surface area contributed by atoms with E-state index in [1.54, 1.807) is 0 Å². The highest BCUT2D eigenvalue weighted by Crippen LogP contribution is 2.26. The quantitative estimate of drug-likeness (QED) is 0.915. The van der Waals surface area contributed by atoms with Crippen LogP contribution in [0.1, 0.15) is 38.7 Å². The Hall–Kier alpha value is -0.570. The third kappa shape index (κ3) is 3.50. The number of halogens is 1. The summed E-state index contributed by atoms with van der Waals surface area (Å²) >= 11 is 6.24. The van der Waals surface area contributed by atoms with Crippen LogP contribution in [0.4, 0.5) is 0 Å². The molecule has 1 aliphatic rings. The fraction of sp³-hybridized carbons (Fsp3) is 0.625. The van der Waals surface area contributed by atoms with Crippen LogP contribution in [0, 0.1) is 0 Å². The molecule has 1 heterocycles. The summed E-state index contributed by atoms with van der Waals surface area (Å²) in [5, 5.41) is 0.826. The van der Waals surface area contributed by atoms with E-state index < -0.39 is 0 Å². The molecule has 2 N–H and O–H groups in total. The van der Waals surface area contributed by atoms with Crippen molar-refractivity contribution in [2.45, 2.75) is 51.1 Å². The molecule has 0 aromatic heterocycles. The first-order valence-electron chi connectivity index (χ1n) is 7.26. The Bertz CT molecular complexity index is 411. The molecule has 2 nitrogen and oxygen atoms in total. The smallest absolute Gasteiger partial charge is 0.0438 e. The molecular formula is C16H25ClN2. The molecule has 106 valence electrons. The summed E-state index contributed by atoms with van der Waals surface area (Å²) in [5.41, 5.74) is 7.66. The molecule has 1 aliphatic heterocycles. The highest BCUT2D eigenvalue weighted by atomic mass is 35.5. The predicted octanol–water partition coefficient (Wildman–Crippen LogP) is 3.47. The van der Waals surface area contributed by atoms with E-state index in [1.807, 2.05) is 18.2 Å². The Morgan fingerprint density at radius 1 is 1.21 bits per heavy atom. The minimum absolute atomic E-state index is 0.0274. The maximum Gasteiger partial charge on any atom is 0.0438 e. The molecule has 0 saturated carbocycles. The van der Waals surface area contributed by atoms with Crippen LogP contribution in [0.15, 0.2) is 24.3 Å². The van der Waals surface area contributed by atoms with Gasteiger partial charge in [0.15, 0.2) is 0 Å². The zero-order chi connectivity index (χ0) is 13.9. The molecule has 0 bridgehead atoms. The first-order valence-corrected chi connectivity index (χ1v) is 7.63. The van der Waals surface area contributed by atoms with E-state index >= 15 is 0 Å². The summed E-state index contributed by atoms with van der Waals surface area (Å²) in [4.78, 5) is 2.54. The third-order valence-electron chi connectivity index (χ3n) is 4.48. The Labute approximate surface area is 121 Å². The summed E-state index contributed by atoms with van der Waals surface area (Å²) in [6, 6.07) is 8.12. The van der Waals surface area contributed by atoms with Crippen LogP contribution in [0.5, 0.6) is 0 Å². The van der Waals surface area contributed by atoms with Crippen molar-refractivity contribution in [3.05, 3.63) is 34.9 Å². The molecule has 19 heavy (non-hydrogen) atoms. The summed E-state index contributed by atoms with van der Waals surface area (Å²) in [7, 11) is 0. The Morgan fingerprint density at radius 3 is 2.47 bits per heavy atom. The zero-order valence-electron chi connectivity index (χ0n) is 12.0. The standard InChI is InChI=1S/C16H25ClN2/c1-16(2,19-10-6-3-7-11-19)15(18)12-13-8-4-5-9-14(13)17/h4-5,8-9,15H,3,6-7,10-12,18H2,1-2H3. The van der Waals surface area contributed by atoms with E-state index in [0.29, 0.717) is 0 Å². The van der Waals surface area contributed by atoms with Crippen molar-refractivity contribution in [1.82, 2.24) is 4.90 Å². The Morgan fingerprint density at radius 2 is 1.84 bits per heavy atom. The molecule has 1 aromatic rings. The van der Waals surface area contributed by atoms with Crippen LogP contribution >= 0.6 is 11.6 Å². The van der Waals surface area contributed by atoms with Crippen LogP contribution in [-0.2, 0) is 6.42 Å². The zero-order valence-corrected chi connectivity index (χ0v) is 12.8. The van der Waals surface area contributed by atoms with Gasteiger partial charge in [-0.2, -0.15) is 0 Å². The lowest BCUT2D eigenvalue weighted by molar-refractivity contribution is 0.0731. The van der Waals surface area contributed by atoms with Gasteiger partial charge < -0.3 is 5.73 Å². The number of hydrogen-bond donors (Lipinski definition) is 1. The lowest BCUT2D eigenvalue weighted by Gasteiger charge is -2.44. The van der Waals surface area contributed by atoms with Crippen LogP contribution in [0.25, 0.3) is 0 Å². The summed E-state index contributed by atoms with van der Waals surface area (Å²) < 4.78 is 0. The second-order valence-electron chi connectivity index (χ2n) is 6.10. The number of benzene rings is 1. The second-order valence-corrected chi connectivity index (χ2v) is 6.51. The van der Waals surface area contributed by atoms with Gasteiger partial charge in [-0.3, -0.25) is 4.90 Å². The van der Waals surface area contributed by atoms with Gasteiger partial charge >= 0.3 is 0 Å². The molecule has 0 radical (unpaired) electrons. The average molecular weight is 281 g/mol. The topological polar surface area (TPSA) is 29.3 Å². The highest BCUT2D eigenvalue weighted by Gasteiger charge is 2.33. The van der Waals surface area contributed by atoms with Crippen molar-refractivity contribution in [3.8, 4) is 0 Å². The molecule has 1 saturated heterocycles. The molecule has 1 aromatic carbocycles. The van der Waals surface area contributed by atoms with Crippen molar-refractivity contribution in [2.24, 2.45) is 5.73 Å². The van der Waals surface area contributed by atoms with Gasteiger partial charge in [-0.25, -0.2) is 0 Å². The fourth-order valence-electron chi connectivity index (χ4n) is 2.86. The van der Waals surface area contributed by atoms with Crippen LogP contribution in [0.3, 0.4) is 0 Å². The lowest BCUT2D eigenvalue weighted by Crippen LogP contribution is -2.58. The molecule has 0 amide bonds. The number of rotatable bonds is 4. The van der Waals surface area contributed by atoms with Gasteiger partial charge in [-0.05, 0) is 57.8 Å². The van der Waals surface area contributed by atoms with Gasteiger partial charge in [0.05, 0.1) is 0 Å². The van der Waals surface area contributed by atoms with Gasteiger partial charge in [0.2, 0.25) is 0 Å². The Kier molecular flexibility index (Phi) is 4.88. The number of nitrogens with two attached hydrogens (primary N) is 1. The van der Waals surface area contributed by atoms with Gasteiger partial charge in [0.25, 0.3) is 0 Å². The SMILES string of the molecule is CC(C)(C(N)Cc1ccccc1Cl)N1CCCCC1. The van der Waals surface area contributed by atoms with Crippen molar-refractivity contribution in [1.29, 1.82) is 0 Å². The van der Waals surface area contributed by atoms with Crippen LogP contribution in [-0.4, -0.2) is 29.6 Å². The maximum atomic E-state index is 6.48. The molecule has 2 rings (SSSR count). The number of hydrogen-bond acceptors (Lipinski definition) is 2. The van der Waals surface area contributed by atoms with Gasteiger partial charge in [0, 0.05) is 16.6 Å². The fourth-order valence-corrected chi connectivity index (χ4v) is 3.07. The monoisotopic (exact) mass is 280 g/mol. The molecule has 0 spiro atoms. The van der Waals surface area contributed by atoms with E-state index in [0.717, 1.165) is 17.0 Å². The first-order chi connectivity index (χ1) is 9.01. The molecule has 3 heteroatoms. The van der Waals surface area contributed by atoms with Crippen molar-refractivity contribution >= 4 is 11.6 Å². The van der Waals surface area contributed by atoms with Gasteiger partial charge in [-0.15, -0.1) is 0 Å². The number of nitrogens with zero attached hydrogens (tertiary/aromatic N) is 1. The molecule has 0 aliphatic carbocycles. The highest BCUT2D eigenvalue weighted by molar-refractivity contribution is 6.31. The molecule has 1 atom stereocenters. The van der Waals surface area contributed by atoms with Crippen molar-refractivity contribution in [2.75, 3.05) is 13.1 Å². The average Bonchev–Trinajstić information content (AvgIpc) is 2.42. The molecule has 1 unspecified atom stereocenters. The molecular weight excluding hydrogens is 256 g/mol. The molecule has 1 fully saturated rings. The minimum Gasteiger partial charge on any atom is -0.326 e. The van der Waals surface area contributed by atoms with Crippen LogP contribution in [0.2, 0.25) is 5.02 Å². The van der Waals surface area contributed by atoms with E-state index in [4.69, 9.17) is 17.3 Å². The summed E-state index contributed by atoms with van der Waals surface area (Å²) in [5.74, 6) is 0. The second kappa shape index (κ2) is 6.25. The van der Waals surface area contributed by atoms with E-state index in [9.17, 15) is 0 Å². The normalized spacial score (nSPS) is 19.4. The van der Waals surface area contributed by atoms with Crippen LogP contribution < -0.4 is 5.73 Å². The lowest BCUT2D eigenvalue weighted by atomic mass is 9.87. The largest absolute Gasteiger partial charge is 0.326 e.